The monoisotopic (exact) mass is 457 g/mol. The highest BCUT2D eigenvalue weighted by atomic mass is 19.1. The van der Waals surface area contributed by atoms with Gasteiger partial charge in [-0.05, 0) is 68.2 Å². The standard InChI is InChI=1S/C25H36FN5O2/c1-32-13-10-27-20-2-4-21(5-3-20)31-25-15-22(23(26)17-30-25)19-6-9-28-24(14-19)29-16-18-7-11-33-12-8-18/h6,9,14-15,17-18,20-21,27H,2-5,7-8,10-13,16H2,1H3,(H,28,29)(H,30,31). The van der Waals surface area contributed by atoms with Crippen molar-refractivity contribution >= 4 is 11.6 Å². The molecule has 1 saturated heterocycles. The van der Waals surface area contributed by atoms with Gasteiger partial charge in [0.2, 0.25) is 0 Å². The van der Waals surface area contributed by atoms with Crippen molar-refractivity contribution in [2.45, 2.75) is 50.6 Å². The van der Waals surface area contributed by atoms with Crippen LogP contribution in [0.3, 0.4) is 0 Å². The third-order valence-corrected chi connectivity index (χ3v) is 6.66. The molecule has 2 fully saturated rings. The van der Waals surface area contributed by atoms with E-state index in [0.717, 1.165) is 88.6 Å². The Morgan fingerprint density at radius 2 is 1.82 bits per heavy atom. The Labute approximate surface area is 195 Å². The molecule has 7 nitrogen and oxygen atoms in total. The Hall–Kier alpha value is -2.29. The molecule has 1 aliphatic heterocycles. The van der Waals surface area contributed by atoms with Crippen LogP contribution >= 0.6 is 0 Å². The largest absolute Gasteiger partial charge is 0.383 e. The Bertz CT molecular complexity index is 870. The van der Waals surface area contributed by atoms with Crippen LogP contribution in [0.2, 0.25) is 0 Å². The highest BCUT2D eigenvalue weighted by Crippen LogP contribution is 2.28. The minimum Gasteiger partial charge on any atom is -0.383 e. The zero-order valence-corrected chi connectivity index (χ0v) is 19.5. The maximum atomic E-state index is 14.7. The number of nitrogens with one attached hydrogen (secondary N) is 3. The van der Waals surface area contributed by atoms with Gasteiger partial charge in [-0.1, -0.05) is 0 Å². The summed E-state index contributed by atoms with van der Waals surface area (Å²) in [6.07, 6.45) is 9.52. The number of methoxy groups -OCH3 is 1. The molecule has 0 unspecified atom stereocenters. The van der Waals surface area contributed by atoms with Crippen molar-refractivity contribution in [3.05, 3.63) is 36.4 Å². The molecule has 0 radical (unpaired) electrons. The van der Waals surface area contributed by atoms with Crippen molar-refractivity contribution in [3.63, 3.8) is 0 Å². The van der Waals surface area contributed by atoms with Gasteiger partial charge in [0, 0.05) is 57.3 Å². The maximum absolute atomic E-state index is 14.7. The number of hydrogen-bond acceptors (Lipinski definition) is 7. The van der Waals surface area contributed by atoms with E-state index < -0.39 is 0 Å². The first-order valence-corrected chi connectivity index (χ1v) is 12.1. The summed E-state index contributed by atoms with van der Waals surface area (Å²) in [6, 6.07) is 6.47. The van der Waals surface area contributed by atoms with Crippen molar-refractivity contribution < 1.29 is 13.9 Å². The topological polar surface area (TPSA) is 80.3 Å². The second kappa shape index (κ2) is 12.3. The fraction of sp³-hybridized carbons (Fsp3) is 0.600. The fourth-order valence-electron chi connectivity index (χ4n) is 4.65. The van der Waals surface area contributed by atoms with E-state index in [1.807, 2.05) is 18.2 Å². The van der Waals surface area contributed by atoms with Gasteiger partial charge in [0.25, 0.3) is 0 Å². The van der Waals surface area contributed by atoms with E-state index in [9.17, 15) is 4.39 Å². The summed E-state index contributed by atoms with van der Waals surface area (Å²) in [5.41, 5.74) is 1.34. The molecule has 8 heteroatoms. The lowest BCUT2D eigenvalue weighted by molar-refractivity contribution is 0.0699. The predicted molar refractivity (Wildman–Crippen MR) is 129 cm³/mol. The molecule has 1 aliphatic carbocycles. The number of ether oxygens (including phenoxy) is 2. The van der Waals surface area contributed by atoms with Crippen LogP contribution in [-0.2, 0) is 9.47 Å². The number of anilines is 2. The van der Waals surface area contributed by atoms with E-state index in [4.69, 9.17) is 9.47 Å². The van der Waals surface area contributed by atoms with Gasteiger partial charge in [-0.15, -0.1) is 0 Å². The third kappa shape index (κ3) is 7.09. The summed E-state index contributed by atoms with van der Waals surface area (Å²) in [5.74, 6) is 1.75. The summed E-state index contributed by atoms with van der Waals surface area (Å²) in [6.45, 7) is 4.13. The molecule has 33 heavy (non-hydrogen) atoms. The summed E-state index contributed by atoms with van der Waals surface area (Å²) in [7, 11) is 1.73. The molecule has 0 spiro atoms. The zero-order chi connectivity index (χ0) is 22.9. The Morgan fingerprint density at radius 3 is 2.61 bits per heavy atom. The minimum atomic E-state index is -0.326. The number of nitrogens with zero attached hydrogens (tertiary/aromatic N) is 2. The van der Waals surface area contributed by atoms with E-state index in [0.29, 0.717) is 23.6 Å². The molecule has 2 aliphatic rings. The second-order valence-electron chi connectivity index (χ2n) is 9.06. The lowest BCUT2D eigenvalue weighted by atomic mass is 9.91. The Kier molecular flexibility index (Phi) is 8.86. The molecule has 0 atom stereocenters. The summed E-state index contributed by atoms with van der Waals surface area (Å²) in [4.78, 5) is 8.72. The van der Waals surface area contributed by atoms with E-state index in [1.54, 1.807) is 13.3 Å². The predicted octanol–water partition coefficient (Wildman–Crippen LogP) is 4.08. The van der Waals surface area contributed by atoms with Crippen molar-refractivity contribution in [3.8, 4) is 11.1 Å². The zero-order valence-electron chi connectivity index (χ0n) is 19.5. The fourth-order valence-corrected chi connectivity index (χ4v) is 4.65. The quantitative estimate of drug-likeness (QED) is 0.464. The molecule has 3 heterocycles. The van der Waals surface area contributed by atoms with E-state index in [-0.39, 0.29) is 5.82 Å². The van der Waals surface area contributed by atoms with Crippen LogP contribution in [0.5, 0.6) is 0 Å². The summed E-state index contributed by atoms with van der Waals surface area (Å²) < 4.78 is 25.2. The van der Waals surface area contributed by atoms with Gasteiger partial charge in [0.1, 0.15) is 17.5 Å². The molecule has 0 amide bonds. The Morgan fingerprint density at radius 1 is 1.03 bits per heavy atom. The normalized spacial score (nSPS) is 21.6. The molecule has 1 saturated carbocycles. The van der Waals surface area contributed by atoms with Gasteiger partial charge in [0.15, 0.2) is 0 Å². The molecule has 180 valence electrons. The first kappa shape index (κ1) is 23.9. The highest BCUT2D eigenvalue weighted by Gasteiger charge is 2.21. The lowest BCUT2D eigenvalue weighted by Crippen LogP contribution is -2.38. The molecule has 0 bridgehead atoms. The van der Waals surface area contributed by atoms with E-state index >= 15 is 0 Å². The molecule has 0 aromatic carbocycles. The smallest absolute Gasteiger partial charge is 0.149 e. The second-order valence-corrected chi connectivity index (χ2v) is 9.06. The number of halogens is 1. The molecule has 3 N–H and O–H groups in total. The maximum Gasteiger partial charge on any atom is 0.149 e. The molecular formula is C25H36FN5O2. The number of rotatable bonds is 10. The molecule has 2 aromatic rings. The summed E-state index contributed by atoms with van der Waals surface area (Å²) in [5, 5.41) is 10.5. The van der Waals surface area contributed by atoms with Gasteiger partial charge in [-0.25, -0.2) is 14.4 Å². The number of pyridine rings is 2. The van der Waals surface area contributed by atoms with Gasteiger partial charge >= 0.3 is 0 Å². The molecule has 4 rings (SSSR count). The Balaban J connectivity index is 1.34. The highest BCUT2D eigenvalue weighted by molar-refractivity contribution is 5.69. The van der Waals surface area contributed by atoms with Crippen LogP contribution < -0.4 is 16.0 Å². The van der Waals surface area contributed by atoms with Gasteiger partial charge in [-0.3, -0.25) is 0 Å². The van der Waals surface area contributed by atoms with Gasteiger partial charge in [-0.2, -0.15) is 0 Å². The van der Waals surface area contributed by atoms with Gasteiger partial charge < -0.3 is 25.4 Å². The lowest BCUT2D eigenvalue weighted by Gasteiger charge is -2.30. The minimum absolute atomic E-state index is 0.326. The molecular weight excluding hydrogens is 421 g/mol. The third-order valence-electron chi connectivity index (χ3n) is 6.66. The SMILES string of the molecule is COCCNC1CCC(Nc2cc(-c3ccnc(NCC4CCOCC4)c3)c(F)cn2)CC1. The first-order chi connectivity index (χ1) is 16.2. The van der Waals surface area contributed by atoms with Crippen molar-refractivity contribution in [1.82, 2.24) is 15.3 Å². The molecule has 2 aromatic heterocycles. The van der Waals surface area contributed by atoms with Crippen molar-refractivity contribution in [2.24, 2.45) is 5.92 Å². The number of hydrogen-bond donors (Lipinski definition) is 3. The van der Waals surface area contributed by atoms with Crippen LogP contribution in [0, 0.1) is 11.7 Å². The summed E-state index contributed by atoms with van der Waals surface area (Å²) >= 11 is 0. The van der Waals surface area contributed by atoms with Crippen LogP contribution in [0.15, 0.2) is 30.6 Å². The number of aromatic nitrogens is 2. The average molecular weight is 458 g/mol. The van der Waals surface area contributed by atoms with Crippen molar-refractivity contribution in [1.29, 1.82) is 0 Å². The van der Waals surface area contributed by atoms with E-state index in [1.165, 1.54) is 6.20 Å². The average Bonchev–Trinajstić information content (AvgIpc) is 2.86. The van der Waals surface area contributed by atoms with Gasteiger partial charge in [0.05, 0.1) is 12.8 Å². The first-order valence-electron chi connectivity index (χ1n) is 12.1. The van der Waals surface area contributed by atoms with Crippen molar-refractivity contribution in [2.75, 3.05) is 50.7 Å². The van der Waals surface area contributed by atoms with E-state index in [2.05, 4.69) is 25.9 Å². The van der Waals surface area contributed by atoms with Crippen LogP contribution in [0.4, 0.5) is 16.0 Å². The van der Waals surface area contributed by atoms with Crippen LogP contribution in [0.1, 0.15) is 38.5 Å². The van der Waals surface area contributed by atoms with Crippen LogP contribution in [-0.4, -0.2) is 62.1 Å². The van der Waals surface area contributed by atoms with Crippen LogP contribution in [0.25, 0.3) is 11.1 Å².